The number of alkyl carbamates (subject to hydrolysis) is 1. The van der Waals surface area contributed by atoms with Crippen LogP contribution in [-0.2, 0) is 4.74 Å². The quantitative estimate of drug-likeness (QED) is 0.685. The number of rotatable bonds is 5. The molecule has 6 nitrogen and oxygen atoms in total. The van der Waals surface area contributed by atoms with E-state index in [9.17, 15) is 18.7 Å². The number of aliphatic hydroxyl groups is 1. The molecule has 0 spiro atoms. The van der Waals surface area contributed by atoms with Crippen LogP contribution < -0.4 is 15.0 Å². The summed E-state index contributed by atoms with van der Waals surface area (Å²) in [7, 11) is 0. The van der Waals surface area contributed by atoms with Gasteiger partial charge in [-0.25, -0.2) is 18.0 Å². The van der Waals surface area contributed by atoms with E-state index >= 15 is 4.39 Å². The second-order valence-electron chi connectivity index (χ2n) is 8.86. The zero-order chi connectivity index (χ0) is 23.5. The molecule has 32 heavy (non-hydrogen) atoms. The fraction of sp³-hybridized carbons (Fsp3) is 0.435. The third-order valence-corrected chi connectivity index (χ3v) is 5.00. The Hall–Kier alpha value is -2.94. The van der Waals surface area contributed by atoms with Crippen molar-refractivity contribution in [1.82, 2.24) is 5.32 Å². The molecule has 1 aliphatic rings. The maximum Gasteiger partial charge on any atom is 0.407 e. The van der Waals surface area contributed by atoms with Gasteiger partial charge in [-0.15, -0.1) is 0 Å². The molecular formula is C23H27F3N2O4. The predicted molar refractivity (Wildman–Crippen MR) is 113 cm³/mol. The van der Waals surface area contributed by atoms with Gasteiger partial charge in [0.1, 0.15) is 23.0 Å². The number of carbonyl (C=O) groups is 1. The van der Waals surface area contributed by atoms with Crippen LogP contribution in [0.3, 0.4) is 0 Å². The molecule has 1 saturated heterocycles. The Bertz CT molecular complexity index is 970. The smallest absolute Gasteiger partial charge is 0.407 e. The molecular weight excluding hydrogens is 425 g/mol. The van der Waals surface area contributed by atoms with E-state index in [1.54, 1.807) is 25.7 Å². The minimum Gasteiger partial charge on any atom is -0.454 e. The highest BCUT2D eigenvalue weighted by Crippen LogP contribution is 2.35. The molecule has 0 saturated carbocycles. The molecule has 0 atom stereocenters. The normalized spacial score (nSPS) is 15.9. The second-order valence-corrected chi connectivity index (χ2v) is 8.86. The van der Waals surface area contributed by atoms with Crippen molar-refractivity contribution >= 4 is 11.8 Å². The number of hydrogen-bond acceptors (Lipinski definition) is 5. The van der Waals surface area contributed by atoms with Crippen LogP contribution in [-0.4, -0.2) is 42.0 Å². The van der Waals surface area contributed by atoms with Gasteiger partial charge in [0.2, 0.25) is 0 Å². The van der Waals surface area contributed by atoms with Crippen molar-refractivity contribution in [2.24, 2.45) is 0 Å². The van der Waals surface area contributed by atoms with Gasteiger partial charge in [0.25, 0.3) is 0 Å². The van der Waals surface area contributed by atoms with Gasteiger partial charge in [-0.2, -0.15) is 0 Å². The van der Waals surface area contributed by atoms with E-state index in [4.69, 9.17) is 9.47 Å². The number of hydrogen-bond donors (Lipinski definition) is 2. The average molecular weight is 452 g/mol. The first-order chi connectivity index (χ1) is 14.9. The van der Waals surface area contributed by atoms with Gasteiger partial charge in [-0.3, -0.25) is 0 Å². The van der Waals surface area contributed by atoms with Crippen LogP contribution in [0.15, 0.2) is 36.4 Å². The molecule has 174 valence electrons. The number of nitrogens with one attached hydrogen (secondary N) is 1. The van der Waals surface area contributed by atoms with Crippen molar-refractivity contribution in [3.05, 3.63) is 53.8 Å². The molecule has 0 unspecified atom stereocenters. The topological polar surface area (TPSA) is 71.0 Å². The Morgan fingerprint density at radius 3 is 2.44 bits per heavy atom. The van der Waals surface area contributed by atoms with E-state index in [1.807, 2.05) is 0 Å². The Labute approximate surface area is 184 Å². The molecule has 0 radical (unpaired) electrons. The molecule has 0 aliphatic carbocycles. The summed E-state index contributed by atoms with van der Waals surface area (Å²) in [5.41, 5.74) is -1.87. The van der Waals surface area contributed by atoms with Crippen LogP contribution in [0.1, 0.15) is 33.6 Å². The summed E-state index contributed by atoms with van der Waals surface area (Å²) < 4.78 is 53.1. The maximum atomic E-state index is 15.1. The number of anilines is 1. The van der Waals surface area contributed by atoms with E-state index < -0.39 is 34.7 Å². The van der Waals surface area contributed by atoms with Gasteiger partial charge < -0.3 is 24.8 Å². The molecule has 3 rings (SSSR count). The number of piperidine rings is 1. The van der Waals surface area contributed by atoms with E-state index in [0.29, 0.717) is 0 Å². The van der Waals surface area contributed by atoms with Crippen molar-refractivity contribution in [3.63, 3.8) is 0 Å². The molecule has 2 aromatic carbocycles. The lowest BCUT2D eigenvalue weighted by molar-refractivity contribution is 0.00792. The van der Waals surface area contributed by atoms with Crippen LogP contribution in [0.4, 0.5) is 23.7 Å². The molecule has 1 fully saturated rings. The van der Waals surface area contributed by atoms with Crippen LogP contribution in [0, 0.1) is 17.5 Å². The lowest BCUT2D eigenvalue weighted by Gasteiger charge is -2.39. The number of amides is 1. The number of benzene rings is 2. The lowest BCUT2D eigenvalue weighted by atomic mass is 9.91. The number of ether oxygens (including phenoxy) is 2. The highest BCUT2D eigenvalue weighted by Gasteiger charge is 2.34. The van der Waals surface area contributed by atoms with Gasteiger partial charge >= 0.3 is 6.09 Å². The molecule has 1 aliphatic heterocycles. The second kappa shape index (κ2) is 9.28. The molecule has 2 N–H and O–H groups in total. The SMILES string of the molecule is CC(C)(C)OC(=O)NCC1(O)CCN(c2cc(F)cc(Oc3cccc(F)c3)c2F)CC1. The standard InChI is InChI=1S/C23H27F3N2O4/c1-22(2,3)32-21(29)27-14-23(30)7-9-28(10-8-23)18-12-16(25)13-19(20(18)26)31-17-6-4-5-15(24)11-17/h4-6,11-13,30H,7-10,14H2,1-3H3,(H,27,29). The summed E-state index contributed by atoms with van der Waals surface area (Å²) >= 11 is 0. The molecule has 9 heteroatoms. The first-order valence-electron chi connectivity index (χ1n) is 10.3. The van der Waals surface area contributed by atoms with E-state index in [2.05, 4.69) is 5.32 Å². The van der Waals surface area contributed by atoms with Crippen molar-refractivity contribution in [2.75, 3.05) is 24.5 Å². The van der Waals surface area contributed by atoms with Crippen molar-refractivity contribution < 1.29 is 32.5 Å². The van der Waals surface area contributed by atoms with Crippen molar-refractivity contribution in [2.45, 2.75) is 44.8 Å². The van der Waals surface area contributed by atoms with Gasteiger partial charge in [0.15, 0.2) is 11.6 Å². The van der Waals surface area contributed by atoms with Crippen LogP contribution >= 0.6 is 0 Å². The molecule has 0 aromatic heterocycles. The summed E-state index contributed by atoms with van der Waals surface area (Å²) in [6.07, 6.45) is -0.193. The third-order valence-electron chi connectivity index (χ3n) is 5.00. The van der Waals surface area contributed by atoms with Gasteiger partial charge in [-0.1, -0.05) is 6.07 Å². The Kier molecular flexibility index (Phi) is 6.88. The number of nitrogens with zero attached hydrogens (tertiary/aromatic N) is 1. The molecule has 1 heterocycles. The summed E-state index contributed by atoms with van der Waals surface area (Å²) in [5, 5.41) is 13.3. The highest BCUT2D eigenvalue weighted by molar-refractivity contribution is 5.67. The van der Waals surface area contributed by atoms with E-state index in [-0.39, 0.29) is 49.7 Å². The first kappa shape index (κ1) is 23.7. The zero-order valence-corrected chi connectivity index (χ0v) is 18.3. The van der Waals surface area contributed by atoms with Crippen LogP contribution in [0.2, 0.25) is 0 Å². The van der Waals surface area contributed by atoms with Gasteiger partial charge in [0, 0.05) is 37.8 Å². The Morgan fingerprint density at radius 2 is 1.81 bits per heavy atom. The fourth-order valence-electron chi connectivity index (χ4n) is 3.40. The molecule has 1 amide bonds. The highest BCUT2D eigenvalue weighted by atomic mass is 19.1. The Balaban J connectivity index is 1.66. The van der Waals surface area contributed by atoms with Crippen LogP contribution in [0.5, 0.6) is 11.5 Å². The summed E-state index contributed by atoms with van der Waals surface area (Å²) in [6.45, 7) is 5.65. The van der Waals surface area contributed by atoms with E-state index in [0.717, 1.165) is 18.2 Å². The minimum atomic E-state index is -1.20. The summed E-state index contributed by atoms with van der Waals surface area (Å²) in [5.74, 6) is -2.37. The van der Waals surface area contributed by atoms with Gasteiger partial charge in [-0.05, 0) is 45.7 Å². The van der Waals surface area contributed by atoms with E-state index in [1.165, 1.54) is 18.2 Å². The Morgan fingerprint density at radius 1 is 1.12 bits per heavy atom. The monoisotopic (exact) mass is 452 g/mol. The minimum absolute atomic E-state index is 0.0152. The van der Waals surface area contributed by atoms with Crippen molar-refractivity contribution in [1.29, 1.82) is 0 Å². The maximum absolute atomic E-state index is 15.1. The summed E-state index contributed by atoms with van der Waals surface area (Å²) in [6, 6.07) is 7.08. The molecule has 0 bridgehead atoms. The molecule has 2 aromatic rings. The summed E-state index contributed by atoms with van der Waals surface area (Å²) in [4.78, 5) is 13.4. The van der Waals surface area contributed by atoms with Crippen molar-refractivity contribution in [3.8, 4) is 11.5 Å². The lowest BCUT2D eigenvalue weighted by Crippen LogP contribution is -2.51. The van der Waals surface area contributed by atoms with Gasteiger partial charge in [0.05, 0.1) is 11.3 Å². The number of carbonyl (C=O) groups excluding carboxylic acids is 1. The largest absolute Gasteiger partial charge is 0.454 e. The first-order valence-corrected chi connectivity index (χ1v) is 10.3. The van der Waals surface area contributed by atoms with Crippen LogP contribution in [0.25, 0.3) is 0 Å². The average Bonchev–Trinajstić information content (AvgIpc) is 2.69. The number of halogens is 3. The zero-order valence-electron chi connectivity index (χ0n) is 18.3. The fourth-order valence-corrected chi connectivity index (χ4v) is 3.40. The predicted octanol–water partition coefficient (Wildman–Crippen LogP) is 4.75. The third kappa shape index (κ3) is 6.29.